The van der Waals surface area contributed by atoms with Crippen molar-refractivity contribution in [3.63, 3.8) is 0 Å². The van der Waals surface area contributed by atoms with Crippen LogP contribution in [0.15, 0.2) is 42.5 Å². The highest BCUT2D eigenvalue weighted by atomic mass is 19.1. The van der Waals surface area contributed by atoms with E-state index in [1.54, 1.807) is 30.3 Å². The van der Waals surface area contributed by atoms with Crippen LogP contribution in [0.25, 0.3) is 11.1 Å². The smallest absolute Gasteiger partial charge is 0.338 e. The van der Waals surface area contributed by atoms with Crippen molar-refractivity contribution in [1.82, 2.24) is 0 Å². The summed E-state index contributed by atoms with van der Waals surface area (Å²) in [5.74, 6) is -0.549. The minimum absolute atomic E-state index is 0.220. The second-order valence-corrected chi connectivity index (χ2v) is 5.98. The SMILES string of the molecule is CCCCOC(=O)c1ccc(-c2ccc(CCCC)cc2F)cc1. The van der Waals surface area contributed by atoms with E-state index < -0.39 is 0 Å². The van der Waals surface area contributed by atoms with Crippen molar-refractivity contribution < 1.29 is 13.9 Å². The van der Waals surface area contributed by atoms with Crippen LogP contribution in [0.4, 0.5) is 4.39 Å². The number of rotatable bonds is 8. The van der Waals surface area contributed by atoms with Gasteiger partial charge in [0.25, 0.3) is 0 Å². The van der Waals surface area contributed by atoms with E-state index in [0.29, 0.717) is 17.7 Å². The molecule has 0 fully saturated rings. The number of unbranched alkanes of at least 4 members (excludes halogenated alkanes) is 2. The molecule has 24 heavy (non-hydrogen) atoms. The van der Waals surface area contributed by atoms with Crippen molar-refractivity contribution in [3.05, 3.63) is 59.4 Å². The van der Waals surface area contributed by atoms with Gasteiger partial charge in [0.15, 0.2) is 0 Å². The molecule has 2 aromatic carbocycles. The van der Waals surface area contributed by atoms with Crippen LogP contribution >= 0.6 is 0 Å². The van der Waals surface area contributed by atoms with E-state index in [0.717, 1.165) is 43.2 Å². The number of hydrogen-bond acceptors (Lipinski definition) is 2. The molecular weight excluding hydrogens is 303 g/mol. The first-order valence-electron chi connectivity index (χ1n) is 8.71. The van der Waals surface area contributed by atoms with Crippen LogP contribution in [-0.4, -0.2) is 12.6 Å². The van der Waals surface area contributed by atoms with Crippen LogP contribution in [0, 0.1) is 5.82 Å². The standard InChI is InChI=1S/C21H25FO2/c1-3-5-7-16-8-13-19(20(22)15-16)17-9-11-18(12-10-17)21(23)24-14-6-4-2/h8-13,15H,3-7,14H2,1-2H3. The molecule has 0 spiro atoms. The third kappa shape index (κ3) is 4.92. The summed E-state index contributed by atoms with van der Waals surface area (Å²) in [5.41, 5.74) is 2.84. The number of carbonyl (C=O) groups excluding carboxylic acids is 1. The Balaban J connectivity index is 2.08. The van der Waals surface area contributed by atoms with Crippen LogP contribution in [0.3, 0.4) is 0 Å². The number of benzene rings is 2. The van der Waals surface area contributed by atoms with Gasteiger partial charge in [0.05, 0.1) is 12.2 Å². The predicted molar refractivity (Wildman–Crippen MR) is 95.6 cm³/mol. The van der Waals surface area contributed by atoms with Gasteiger partial charge in [0, 0.05) is 5.56 Å². The number of hydrogen-bond donors (Lipinski definition) is 0. The zero-order valence-corrected chi connectivity index (χ0v) is 14.5. The first kappa shape index (κ1) is 18.2. The molecule has 3 heteroatoms. The lowest BCUT2D eigenvalue weighted by Gasteiger charge is -2.08. The van der Waals surface area contributed by atoms with Crippen LogP contribution < -0.4 is 0 Å². The van der Waals surface area contributed by atoms with E-state index in [2.05, 4.69) is 6.92 Å². The topological polar surface area (TPSA) is 26.3 Å². The van der Waals surface area contributed by atoms with E-state index in [1.807, 2.05) is 19.1 Å². The average Bonchev–Trinajstić information content (AvgIpc) is 2.60. The molecule has 0 amide bonds. The van der Waals surface area contributed by atoms with Crippen molar-refractivity contribution in [1.29, 1.82) is 0 Å². The van der Waals surface area contributed by atoms with E-state index in [-0.39, 0.29) is 11.8 Å². The molecule has 0 aliphatic carbocycles. The Bertz CT molecular complexity index is 662. The summed E-state index contributed by atoms with van der Waals surface area (Å²) in [6, 6.07) is 12.3. The molecule has 0 aliphatic rings. The summed E-state index contributed by atoms with van der Waals surface area (Å²) in [6.07, 6.45) is 4.90. The van der Waals surface area contributed by atoms with Crippen LogP contribution in [-0.2, 0) is 11.2 Å². The molecule has 0 atom stereocenters. The minimum Gasteiger partial charge on any atom is -0.462 e. The highest BCUT2D eigenvalue weighted by Gasteiger charge is 2.10. The molecule has 0 unspecified atom stereocenters. The van der Waals surface area contributed by atoms with Gasteiger partial charge in [-0.1, -0.05) is 51.0 Å². The van der Waals surface area contributed by atoms with Crippen LogP contribution in [0.5, 0.6) is 0 Å². The quantitative estimate of drug-likeness (QED) is 0.453. The molecule has 2 rings (SSSR count). The summed E-state index contributed by atoms with van der Waals surface area (Å²) in [6.45, 7) is 4.61. The number of halogens is 1. The Morgan fingerprint density at radius 3 is 2.33 bits per heavy atom. The third-order valence-corrected chi connectivity index (χ3v) is 4.02. The van der Waals surface area contributed by atoms with E-state index >= 15 is 0 Å². The summed E-state index contributed by atoms with van der Waals surface area (Å²) in [5, 5.41) is 0. The van der Waals surface area contributed by atoms with Gasteiger partial charge in [-0.15, -0.1) is 0 Å². The van der Waals surface area contributed by atoms with E-state index in [4.69, 9.17) is 4.74 Å². The minimum atomic E-state index is -0.328. The Morgan fingerprint density at radius 1 is 1.00 bits per heavy atom. The molecular formula is C21H25FO2. The molecule has 0 bridgehead atoms. The summed E-state index contributed by atoms with van der Waals surface area (Å²) >= 11 is 0. The van der Waals surface area contributed by atoms with Crippen molar-refractivity contribution in [3.8, 4) is 11.1 Å². The maximum absolute atomic E-state index is 14.3. The predicted octanol–water partition coefficient (Wildman–Crippen LogP) is 5.79. The maximum Gasteiger partial charge on any atom is 0.338 e. The number of ether oxygens (including phenoxy) is 1. The molecule has 2 nitrogen and oxygen atoms in total. The fourth-order valence-corrected chi connectivity index (χ4v) is 2.51. The monoisotopic (exact) mass is 328 g/mol. The molecule has 0 saturated carbocycles. The maximum atomic E-state index is 14.3. The molecule has 0 heterocycles. The van der Waals surface area contributed by atoms with Crippen molar-refractivity contribution >= 4 is 5.97 Å². The number of aryl methyl sites for hydroxylation is 1. The zero-order chi connectivity index (χ0) is 17.4. The lowest BCUT2D eigenvalue weighted by atomic mass is 10.00. The number of esters is 1. The van der Waals surface area contributed by atoms with Gasteiger partial charge in [-0.25, -0.2) is 9.18 Å². The molecule has 0 aromatic heterocycles. The van der Waals surface area contributed by atoms with Crippen molar-refractivity contribution in [2.75, 3.05) is 6.61 Å². The van der Waals surface area contributed by atoms with Crippen LogP contribution in [0.2, 0.25) is 0 Å². The van der Waals surface area contributed by atoms with Gasteiger partial charge in [0.2, 0.25) is 0 Å². The zero-order valence-electron chi connectivity index (χ0n) is 14.5. The Hall–Kier alpha value is -2.16. The normalized spacial score (nSPS) is 10.6. The van der Waals surface area contributed by atoms with Gasteiger partial charge in [0.1, 0.15) is 5.82 Å². The van der Waals surface area contributed by atoms with Crippen molar-refractivity contribution in [2.24, 2.45) is 0 Å². The molecule has 0 radical (unpaired) electrons. The van der Waals surface area contributed by atoms with E-state index in [1.165, 1.54) is 0 Å². The fourth-order valence-electron chi connectivity index (χ4n) is 2.51. The molecule has 0 N–H and O–H groups in total. The Morgan fingerprint density at radius 2 is 1.71 bits per heavy atom. The van der Waals surface area contributed by atoms with E-state index in [9.17, 15) is 9.18 Å². The van der Waals surface area contributed by atoms with Gasteiger partial charge in [-0.2, -0.15) is 0 Å². The summed E-state index contributed by atoms with van der Waals surface area (Å²) in [4.78, 5) is 11.9. The highest BCUT2D eigenvalue weighted by Crippen LogP contribution is 2.25. The van der Waals surface area contributed by atoms with Gasteiger partial charge >= 0.3 is 5.97 Å². The second-order valence-electron chi connectivity index (χ2n) is 5.98. The Kier molecular flexibility index (Phi) is 6.98. The van der Waals surface area contributed by atoms with Gasteiger partial charge in [-0.3, -0.25) is 0 Å². The number of carbonyl (C=O) groups is 1. The molecule has 2 aromatic rings. The largest absolute Gasteiger partial charge is 0.462 e. The Labute approximate surface area is 143 Å². The highest BCUT2D eigenvalue weighted by molar-refractivity contribution is 5.90. The lowest BCUT2D eigenvalue weighted by molar-refractivity contribution is 0.0500. The summed E-state index contributed by atoms with van der Waals surface area (Å²) < 4.78 is 19.5. The molecule has 128 valence electrons. The third-order valence-electron chi connectivity index (χ3n) is 4.02. The lowest BCUT2D eigenvalue weighted by Crippen LogP contribution is -2.06. The van der Waals surface area contributed by atoms with Crippen molar-refractivity contribution in [2.45, 2.75) is 46.0 Å². The first-order chi connectivity index (χ1) is 11.7. The van der Waals surface area contributed by atoms with Gasteiger partial charge < -0.3 is 4.74 Å². The fraction of sp³-hybridized carbons (Fsp3) is 0.381. The van der Waals surface area contributed by atoms with Gasteiger partial charge in [-0.05, 0) is 48.6 Å². The average molecular weight is 328 g/mol. The second kappa shape index (κ2) is 9.21. The summed E-state index contributed by atoms with van der Waals surface area (Å²) in [7, 11) is 0. The molecule has 0 aliphatic heterocycles. The van der Waals surface area contributed by atoms with Crippen LogP contribution in [0.1, 0.15) is 55.5 Å². The first-order valence-corrected chi connectivity index (χ1v) is 8.71. The molecule has 0 saturated heterocycles.